The van der Waals surface area contributed by atoms with Crippen molar-refractivity contribution < 1.29 is 4.74 Å². The van der Waals surface area contributed by atoms with Crippen molar-refractivity contribution in [3.63, 3.8) is 0 Å². The number of piperidine rings is 1. The lowest BCUT2D eigenvalue weighted by molar-refractivity contribution is 0.121. The number of morpholine rings is 1. The molecular weight excluding hydrogens is 356 g/mol. The van der Waals surface area contributed by atoms with Crippen LogP contribution in [0.5, 0.6) is 0 Å². The molecule has 0 amide bonds. The van der Waals surface area contributed by atoms with E-state index in [9.17, 15) is 4.79 Å². The summed E-state index contributed by atoms with van der Waals surface area (Å²) in [5, 5.41) is 0. The van der Waals surface area contributed by atoms with E-state index in [4.69, 9.17) is 9.72 Å². The van der Waals surface area contributed by atoms with Gasteiger partial charge < -0.3 is 14.6 Å². The molecule has 0 aromatic carbocycles. The largest absolute Gasteiger partial charge is 0.378 e. The Balaban J connectivity index is 1.43. The molecule has 0 saturated carbocycles. The van der Waals surface area contributed by atoms with Crippen molar-refractivity contribution in [2.24, 2.45) is 0 Å². The Morgan fingerprint density at radius 2 is 2.07 bits per heavy atom. The van der Waals surface area contributed by atoms with Gasteiger partial charge in [0, 0.05) is 42.5 Å². The summed E-state index contributed by atoms with van der Waals surface area (Å²) in [5.41, 5.74) is 3.06. The second-order valence-corrected chi connectivity index (χ2v) is 8.42. The lowest BCUT2D eigenvalue weighted by Crippen LogP contribution is -2.46. The fourth-order valence-electron chi connectivity index (χ4n) is 5.08. The van der Waals surface area contributed by atoms with Crippen LogP contribution < -0.4 is 10.5 Å². The van der Waals surface area contributed by atoms with Crippen molar-refractivity contribution >= 4 is 5.95 Å². The minimum absolute atomic E-state index is 0.00941. The molecular formula is C20H28N6O2. The molecule has 3 aliphatic rings. The van der Waals surface area contributed by atoms with Gasteiger partial charge in [-0.2, -0.15) is 0 Å². The van der Waals surface area contributed by atoms with Crippen LogP contribution in [-0.4, -0.2) is 64.2 Å². The number of likely N-dealkylation sites (tertiary alicyclic amines) is 1. The Morgan fingerprint density at radius 1 is 1.21 bits per heavy atom. The van der Waals surface area contributed by atoms with E-state index in [1.807, 2.05) is 13.1 Å². The minimum atomic E-state index is -0.00941. The van der Waals surface area contributed by atoms with Gasteiger partial charge in [-0.05, 0) is 39.2 Å². The fourth-order valence-corrected chi connectivity index (χ4v) is 5.08. The molecule has 8 heteroatoms. The van der Waals surface area contributed by atoms with Crippen LogP contribution in [0.1, 0.15) is 42.0 Å². The molecule has 28 heavy (non-hydrogen) atoms. The Bertz CT molecular complexity index is 916. The molecule has 1 aliphatic carbocycles. The number of ether oxygens (including phenoxy) is 1. The van der Waals surface area contributed by atoms with E-state index in [-0.39, 0.29) is 11.0 Å². The first-order valence-corrected chi connectivity index (χ1v) is 10.3. The molecule has 8 nitrogen and oxygen atoms in total. The predicted octanol–water partition coefficient (Wildman–Crippen LogP) is 1.12. The van der Waals surface area contributed by atoms with Gasteiger partial charge in [0.15, 0.2) is 0 Å². The monoisotopic (exact) mass is 384 g/mol. The summed E-state index contributed by atoms with van der Waals surface area (Å²) in [6, 6.07) is 0. The van der Waals surface area contributed by atoms with E-state index < -0.39 is 0 Å². The molecule has 2 saturated heterocycles. The topological polar surface area (TPSA) is 90.1 Å². The summed E-state index contributed by atoms with van der Waals surface area (Å²) in [4.78, 5) is 33.3. The molecule has 1 atom stereocenters. The number of hydrogen-bond acceptors (Lipinski definition) is 6. The maximum atomic E-state index is 12.8. The number of aryl methyl sites for hydroxylation is 1. The summed E-state index contributed by atoms with van der Waals surface area (Å²) in [6.07, 6.45) is 5.95. The summed E-state index contributed by atoms with van der Waals surface area (Å²) >= 11 is 0. The third-order valence-electron chi connectivity index (χ3n) is 6.45. The SMILES string of the molecule is Cc1cnc(CN2CCCC3(CCc4c3nc(N3CCOCC3)[nH]c4=O)C2)[nH]1. The Kier molecular flexibility index (Phi) is 4.47. The molecule has 4 heterocycles. The van der Waals surface area contributed by atoms with Crippen LogP contribution in [0, 0.1) is 6.92 Å². The molecule has 150 valence electrons. The molecule has 2 aromatic heterocycles. The Labute approximate surface area is 164 Å². The molecule has 0 radical (unpaired) electrons. The van der Waals surface area contributed by atoms with Crippen LogP contribution in [0.25, 0.3) is 0 Å². The van der Waals surface area contributed by atoms with Crippen molar-refractivity contribution in [1.29, 1.82) is 0 Å². The minimum Gasteiger partial charge on any atom is -0.378 e. The smallest absolute Gasteiger partial charge is 0.255 e. The Morgan fingerprint density at radius 3 is 2.86 bits per heavy atom. The van der Waals surface area contributed by atoms with Crippen LogP contribution in [0.15, 0.2) is 11.0 Å². The number of aromatic nitrogens is 4. The fraction of sp³-hybridized carbons (Fsp3) is 0.650. The number of anilines is 1. The van der Waals surface area contributed by atoms with Crippen LogP contribution in [0.2, 0.25) is 0 Å². The van der Waals surface area contributed by atoms with Gasteiger partial charge in [0.1, 0.15) is 5.82 Å². The number of H-pyrrole nitrogens is 2. The molecule has 2 aliphatic heterocycles. The zero-order chi connectivity index (χ0) is 19.1. The number of aromatic amines is 2. The number of nitrogens with zero attached hydrogens (tertiary/aromatic N) is 4. The van der Waals surface area contributed by atoms with Gasteiger partial charge in [0.25, 0.3) is 5.56 Å². The van der Waals surface area contributed by atoms with Crippen molar-refractivity contribution in [2.75, 3.05) is 44.3 Å². The van der Waals surface area contributed by atoms with Gasteiger partial charge in [-0.15, -0.1) is 0 Å². The van der Waals surface area contributed by atoms with Gasteiger partial charge in [-0.25, -0.2) is 9.97 Å². The Hall–Kier alpha value is -2.19. The lowest BCUT2D eigenvalue weighted by atomic mass is 9.77. The van der Waals surface area contributed by atoms with E-state index in [0.717, 1.165) is 81.2 Å². The van der Waals surface area contributed by atoms with Gasteiger partial charge in [0.2, 0.25) is 5.95 Å². The van der Waals surface area contributed by atoms with Crippen molar-refractivity contribution in [3.05, 3.63) is 39.3 Å². The molecule has 1 spiro atoms. The molecule has 1 unspecified atom stereocenters. The maximum absolute atomic E-state index is 12.8. The summed E-state index contributed by atoms with van der Waals surface area (Å²) in [7, 11) is 0. The first-order valence-electron chi connectivity index (χ1n) is 10.3. The van der Waals surface area contributed by atoms with E-state index in [1.54, 1.807) is 0 Å². The van der Waals surface area contributed by atoms with E-state index in [2.05, 4.69) is 24.8 Å². The first-order chi connectivity index (χ1) is 13.6. The molecule has 2 N–H and O–H groups in total. The zero-order valence-corrected chi connectivity index (χ0v) is 16.5. The highest BCUT2D eigenvalue weighted by Gasteiger charge is 2.45. The lowest BCUT2D eigenvalue weighted by Gasteiger charge is -2.40. The third kappa shape index (κ3) is 3.14. The number of fused-ring (bicyclic) bond motifs is 2. The van der Waals surface area contributed by atoms with Gasteiger partial charge >= 0.3 is 0 Å². The second-order valence-electron chi connectivity index (χ2n) is 8.42. The average molecular weight is 384 g/mol. The van der Waals surface area contributed by atoms with Crippen molar-refractivity contribution in [3.8, 4) is 0 Å². The van der Waals surface area contributed by atoms with Crippen LogP contribution in [-0.2, 0) is 23.1 Å². The quantitative estimate of drug-likeness (QED) is 0.824. The molecule has 5 rings (SSSR count). The van der Waals surface area contributed by atoms with Crippen molar-refractivity contribution in [1.82, 2.24) is 24.8 Å². The third-order valence-corrected chi connectivity index (χ3v) is 6.45. The predicted molar refractivity (Wildman–Crippen MR) is 106 cm³/mol. The summed E-state index contributed by atoms with van der Waals surface area (Å²) in [6.45, 7) is 7.78. The maximum Gasteiger partial charge on any atom is 0.255 e. The normalized spacial score (nSPS) is 25.4. The number of hydrogen-bond donors (Lipinski definition) is 2. The molecule has 2 aromatic rings. The highest BCUT2D eigenvalue weighted by Crippen LogP contribution is 2.43. The molecule has 2 fully saturated rings. The number of imidazole rings is 1. The summed E-state index contributed by atoms with van der Waals surface area (Å²) < 4.78 is 5.45. The van der Waals surface area contributed by atoms with Gasteiger partial charge in [0.05, 0.1) is 25.5 Å². The number of nitrogens with one attached hydrogen (secondary N) is 2. The number of rotatable bonds is 3. The van der Waals surface area contributed by atoms with E-state index >= 15 is 0 Å². The van der Waals surface area contributed by atoms with Crippen LogP contribution in [0.4, 0.5) is 5.95 Å². The standard InChI is InChI=1S/C20H28N6O2/c1-14-11-21-16(22-14)12-25-6-2-4-20(13-25)5-3-15-17(20)23-19(24-18(15)27)26-7-9-28-10-8-26/h11H,2-10,12-13H2,1H3,(H,21,22)(H,23,24,27). The van der Waals surface area contributed by atoms with Crippen LogP contribution >= 0.6 is 0 Å². The highest BCUT2D eigenvalue weighted by atomic mass is 16.5. The van der Waals surface area contributed by atoms with Gasteiger partial charge in [-0.3, -0.25) is 14.7 Å². The molecule has 0 bridgehead atoms. The highest BCUT2D eigenvalue weighted by molar-refractivity contribution is 5.40. The van der Waals surface area contributed by atoms with Crippen LogP contribution in [0.3, 0.4) is 0 Å². The first kappa shape index (κ1) is 17.9. The zero-order valence-electron chi connectivity index (χ0n) is 16.5. The van der Waals surface area contributed by atoms with Gasteiger partial charge in [-0.1, -0.05) is 0 Å². The van der Waals surface area contributed by atoms with E-state index in [0.29, 0.717) is 19.2 Å². The summed E-state index contributed by atoms with van der Waals surface area (Å²) in [5.74, 6) is 1.73. The average Bonchev–Trinajstić information content (AvgIpc) is 3.27. The van der Waals surface area contributed by atoms with Crippen molar-refractivity contribution in [2.45, 2.75) is 44.6 Å². The van der Waals surface area contributed by atoms with E-state index in [1.165, 1.54) is 0 Å². The second kappa shape index (κ2) is 7.00.